The second kappa shape index (κ2) is 3.61. The molecule has 2 aromatic carbocycles. The Labute approximate surface area is 113 Å². The molecule has 0 aromatic heterocycles. The minimum Gasteiger partial charge on any atom is -0.485 e. The van der Waals surface area contributed by atoms with Crippen molar-refractivity contribution in [1.82, 2.24) is 0 Å². The highest BCUT2D eigenvalue weighted by atomic mass is 16.6. The number of fused-ring (bicyclic) bond motifs is 3. The van der Waals surface area contributed by atoms with Crippen LogP contribution in [-0.4, -0.2) is 11.7 Å². The molecule has 96 valence electrons. The van der Waals surface area contributed by atoms with E-state index in [0.717, 1.165) is 5.75 Å². The van der Waals surface area contributed by atoms with Gasteiger partial charge in [0.1, 0.15) is 23.6 Å². The van der Waals surface area contributed by atoms with Gasteiger partial charge in [0, 0.05) is 5.56 Å². The molecule has 2 heteroatoms. The molecule has 2 aliphatic heterocycles. The van der Waals surface area contributed by atoms with Gasteiger partial charge in [-0.25, -0.2) is 0 Å². The van der Waals surface area contributed by atoms with Crippen LogP contribution in [-0.2, 0) is 4.74 Å². The van der Waals surface area contributed by atoms with Crippen LogP contribution in [0.15, 0.2) is 48.5 Å². The lowest BCUT2D eigenvalue weighted by Crippen LogP contribution is -2.37. The average Bonchev–Trinajstić information content (AvgIpc) is 3.21. The van der Waals surface area contributed by atoms with Gasteiger partial charge < -0.3 is 9.47 Å². The Balaban J connectivity index is 1.79. The summed E-state index contributed by atoms with van der Waals surface area (Å²) in [5, 5.41) is 0. The van der Waals surface area contributed by atoms with Crippen molar-refractivity contribution in [3.8, 4) is 16.9 Å². The number of ether oxygens (including phenoxy) is 2. The Morgan fingerprint density at radius 1 is 0.947 bits per heavy atom. The minimum atomic E-state index is -0.216. The fraction of sp³-hybridized carbons (Fsp3) is 0.294. The molecule has 2 aromatic rings. The van der Waals surface area contributed by atoms with E-state index < -0.39 is 0 Å². The Morgan fingerprint density at radius 3 is 2.53 bits per heavy atom. The summed E-state index contributed by atoms with van der Waals surface area (Å²) in [6, 6.07) is 16.8. The van der Waals surface area contributed by atoms with E-state index in [-0.39, 0.29) is 17.8 Å². The van der Waals surface area contributed by atoms with Gasteiger partial charge in [0.05, 0.1) is 0 Å². The number of benzene rings is 2. The third-order valence-electron chi connectivity index (χ3n) is 3.97. The number of hydrogen-bond donors (Lipinski definition) is 0. The average molecular weight is 252 g/mol. The standard InChI is InChI=1S/C17H16O2/c1-17(2)16-15(18-16)13-10-12(8-9-14(13)19-17)11-6-4-3-5-7-11/h3-10,15-16H,1-2H3. The Kier molecular flexibility index (Phi) is 2.10. The van der Waals surface area contributed by atoms with Crippen LogP contribution in [0.25, 0.3) is 11.1 Å². The number of hydrogen-bond acceptors (Lipinski definition) is 2. The van der Waals surface area contributed by atoms with Crippen LogP contribution in [0.3, 0.4) is 0 Å². The van der Waals surface area contributed by atoms with E-state index in [1.807, 2.05) is 6.07 Å². The van der Waals surface area contributed by atoms with E-state index in [1.54, 1.807) is 0 Å². The van der Waals surface area contributed by atoms with Gasteiger partial charge in [-0.15, -0.1) is 0 Å². The van der Waals surface area contributed by atoms with Gasteiger partial charge in [-0.2, -0.15) is 0 Å². The van der Waals surface area contributed by atoms with Gasteiger partial charge in [0.2, 0.25) is 0 Å². The highest BCUT2D eigenvalue weighted by Gasteiger charge is 2.56. The smallest absolute Gasteiger partial charge is 0.132 e. The van der Waals surface area contributed by atoms with Gasteiger partial charge in [-0.1, -0.05) is 36.4 Å². The maximum Gasteiger partial charge on any atom is 0.132 e. The Bertz CT molecular complexity index is 631. The molecule has 4 rings (SSSR count). The van der Waals surface area contributed by atoms with E-state index in [1.165, 1.54) is 16.7 Å². The highest BCUT2D eigenvalue weighted by Crippen LogP contribution is 2.54. The maximum atomic E-state index is 6.04. The molecule has 0 aliphatic carbocycles. The third kappa shape index (κ3) is 1.67. The summed E-state index contributed by atoms with van der Waals surface area (Å²) in [6.07, 6.45) is 0.411. The Hall–Kier alpha value is -1.80. The van der Waals surface area contributed by atoms with Crippen LogP contribution < -0.4 is 4.74 Å². The SMILES string of the molecule is CC1(C)Oc2ccc(-c3ccccc3)cc2C2OC21. The molecule has 2 nitrogen and oxygen atoms in total. The second-order valence-electron chi connectivity index (χ2n) is 5.80. The van der Waals surface area contributed by atoms with E-state index >= 15 is 0 Å². The molecule has 0 saturated carbocycles. The zero-order valence-electron chi connectivity index (χ0n) is 11.1. The molecular formula is C17H16O2. The molecular weight excluding hydrogens is 236 g/mol. The van der Waals surface area contributed by atoms with Crippen LogP contribution in [0.5, 0.6) is 5.75 Å². The lowest BCUT2D eigenvalue weighted by atomic mass is 9.92. The van der Waals surface area contributed by atoms with Crippen molar-refractivity contribution in [3.05, 3.63) is 54.1 Å². The first-order valence-corrected chi connectivity index (χ1v) is 6.69. The molecule has 0 spiro atoms. The van der Waals surface area contributed by atoms with Crippen molar-refractivity contribution in [2.75, 3.05) is 0 Å². The molecule has 0 radical (unpaired) electrons. The van der Waals surface area contributed by atoms with E-state index in [0.29, 0.717) is 0 Å². The van der Waals surface area contributed by atoms with Gasteiger partial charge in [-0.3, -0.25) is 0 Å². The largest absolute Gasteiger partial charge is 0.485 e. The summed E-state index contributed by atoms with van der Waals surface area (Å²) in [6.45, 7) is 4.18. The summed E-state index contributed by atoms with van der Waals surface area (Å²) >= 11 is 0. The van der Waals surface area contributed by atoms with E-state index in [2.05, 4.69) is 56.3 Å². The maximum absolute atomic E-state index is 6.04. The molecule has 0 N–H and O–H groups in total. The van der Waals surface area contributed by atoms with Crippen molar-refractivity contribution in [2.45, 2.75) is 31.7 Å². The first kappa shape index (κ1) is 11.1. The summed E-state index contributed by atoms with van der Waals surface area (Å²) < 4.78 is 11.8. The molecule has 2 aliphatic rings. The Morgan fingerprint density at radius 2 is 1.74 bits per heavy atom. The first-order valence-electron chi connectivity index (χ1n) is 6.69. The number of rotatable bonds is 1. The molecule has 0 amide bonds. The zero-order chi connectivity index (χ0) is 13.0. The van der Waals surface area contributed by atoms with E-state index in [4.69, 9.17) is 9.47 Å². The number of epoxide rings is 1. The zero-order valence-corrected chi connectivity index (χ0v) is 11.1. The van der Waals surface area contributed by atoms with Gasteiger partial charge in [0.15, 0.2) is 0 Å². The molecule has 2 heterocycles. The first-order chi connectivity index (χ1) is 9.15. The van der Waals surface area contributed by atoms with Crippen LogP contribution in [0.1, 0.15) is 25.5 Å². The predicted molar refractivity (Wildman–Crippen MR) is 74.2 cm³/mol. The minimum absolute atomic E-state index is 0.200. The van der Waals surface area contributed by atoms with Crippen molar-refractivity contribution >= 4 is 0 Å². The normalized spacial score (nSPS) is 26.0. The highest BCUT2D eigenvalue weighted by molar-refractivity contribution is 5.66. The molecule has 1 saturated heterocycles. The van der Waals surface area contributed by atoms with Crippen molar-refractivity contribution < 1.29 is 9.47 Å². The van der Waals surface area contributed by atoms with Gasteiger partial charge in [0.25, 0.3) is 0 Å². The van der Waals surface area contributed by atoms with Crippen molar-refractivity contribution in [2.24, 2.45) is 0 Å². The van der Waals surface area contributed by atoms with Crippen LogP contribution >= 0.6 is 0 Å². The monoisotopic (exact) mass is 252 g/mol. The topological polar surface area (TPSA) is 21.8 Å². The molecule has 1 fully saturated rings. The fourth-order valence-corrected chi connectivity index (χ4v) is 2.89. The quantitative estimate of drug-likeness (QED) is 0.716. The molecule has 2 atom stereocenters. The summed E-state index contributed by atoms with van der Waals surface area (Å²) in [5.41, 5.74) is 3.42. The second-order valence-corrected chi connectivity index (χ2v) is 5.80. The van der Waals surface area contributed by atoms with Crippen LogP contribution in [0.2, 0.25) is 0 Å². The van der Waals surface area contributed by atoms with Crippen LogP contribution in [0, 0.1) is 0 Å². The lowest BCUT2D eigenvalue weighted by Gasteiger charge is -2.29. The molecule has 19 heavy (non-hydrogen) atoms. The van der Waals surface area contributed by atoms with Crippen molar-refractivity contribution in [3.63, 3.8) is 0 Å². The molecule has 2 unspecified atom stereocenters. The summed E-state index contributed by atoms with van der Waals surface area (Å²) in [7, 11) is 0. The van der Waals surface area contributed by atoms with Crippen molar-refractivity contribution in [1.29, 1.82) is 0 Å². The van der Waals surface area contributed by atoms with Gasteiger partial charge in [-0.05, 0) is 37.1 Å². The fourth-order valence-electron chi connectivity index (χ4n) is 2.89. The summed E-state index contributed by atoms with van der Waals surface area (Å²) in [4.78, 5) is 0. The van der Waals surface area contributed by atoms with Crippen LogP contribution in [0.4, 0.5) is 0 Å². The predicted octanol–water partition coefficient (Wildman–Crippen LogP) is 3.96. The van der Waals surface area contributed by atoms with E-state index in [9.17, 15) is 0 Å². The third-order valence-corrected chi connectivity index (χ3v) is 3.97. The lowest BCUT2D eigenvalue weighted by molar-refractivity contribution is 0.0725. The summed E-state index contributed by atoms with van der Waals surface area (Å²) in [5.74, 6) is 0.962. The molecule has 0 bridgehead atoms. The van der Waals surface area contributed by atoms with Gasteiger partial charge >= 0.3 is 0 Å².